The highest BCUT2D eigenvalue weighted by Gasteiger charge is 2.08. The molecule has 2 heterocycles. The number of anilines is 1. The van der Waals surface area contributed by atoms with Gasteiger partial charge in [-0.15, -0.1) is 11.3 Å². The predicted molar refractivity (Wildman–Crippen MR) is 84.6 cm³/mol. The number of ether oxygens (including phenoxy) is 1. The van der Waals surface area contributed by atoms with Gasteiger partial charge in [0.15, 0.2) is 0 Å². The minimum absolute atomic E-state index is 0.150. The third kappa shape index (κ3) is 3.91. The Kier molecular flexibility index (Phi) is 5.75. The van der Waals surface area contributed by atoms with Gasteiger partial charge in [0.2, 0.25) is 0 Å². The summed E-state index contributed by atoms with van der Waals surface area (Å²) < 4.78 is 6.84. The number of hydrogen-bond acceptors (Lipinski definition) is 5. The van der Waals surface area contributed by atoms with Crippen molar-refractivity contribution in [1.29, 1.82) is 0 Å². The number of thiophene rings is 1. The van der Waals surface area contributed by atoms with Crippen LogP contribution in [0.2, 0.25) is 0 Å². The molecule has 0 atom stereocenters. The molecule has 108 valence electrons. The lowest BCUT2D eigenvalue weighted by atomic mass is 10.3. The minimum atomic E-state index is -0.150. The zero-order valence-corrected chi connectivity index (χ0v) is 13.5. The largest absolute Gasteiger partial charge is 0.383 e. The van der Waals surface area contributed by atoms with Crippen LogP contribution < -0.4 is 10.9 Å². The van der Waals surface area contributed by atoms with Crippen LogP contribution in [0.3, 0.4) is 0 Å². The van der Waals surface area contributed by atoms with Crippen LogP contribution in [0.5, 0.6) is 0 Å². The zero-order chi connectivity index (χ0) is 14.4. The third-order valence-corrected chi connectivity index (χ3v) is 4.46. The van der Waals surface area contributed by atoms with Gasteiger partial charge in [0.05, 0.1) is 25.0 Å². The van der Waals surface area contributed by atoms with Crippen molar-refractivity contribution in [3.63, 3.8) is 0 Å². The predicted octanol–water partition coefficient (Wildman–Crippen LogP) is 2.37. The summed E-state index contributed by atoms with van der Waals surface area (Å²) in [4.78, 5) is 13.4. The summed E-state index contributed by atoms with van der Waals surface area (Å²) in [5.41, 5.74) is 0.573. The van der Waals surface area contributed by atoms with Crippen molar-refractivity contribution >= 4 is 33.0 Å². The van der Waals surface area contributed by atoms with E-state index in [0.29, 0.717) is 17.6 Å². The lowest BCUT2D eigenvalue weighted by molar-refractivity contribution is 0.181. The summed E-state index contributed by atoms with van der Waals surface area (Å²) in [7, 11) is 1.60. The second kappa shape index (κ2) is 7.56. The molecule has 0 aliphatic rings. The Bertz CT molecular complexity index is 598. The van der Waals surface area contributed by atoms with Gasteiger partial charge >= 0.3 is 0 Å². The molecule has 20 heavy (non-hydrogen) atoms. The molecule has 5 nitrogen and oxygen atoms in total. The van der Waals surface area contributed by atoms with Gasteiger partial charge in [0.1, 0.15) is 4.47 Å². The van der Waals surface area contributed by atoms with Crippen molar-refractivity contribution in [2.24, 2.45) is 0 Å². The van der Waals surface area contributed by atoms with Crippen molar-refractivity contribution < 1.29 is 4.74 Å². The first-order valence-electron chi connectivity index (χ1n) is 6.23. The molecular weight excluding hydrogens is 342 g/mol. The van der Waals surface area contributed by atoms with E-state index < -0.39 is 0 Å². The molecule has 0 fully saturated rings. The molecule has 0 spiro atoms. The Balaban J connectivity index is 1.98. The second-order valence-electron chi connectivity index (χ2n) is 4.15. The molecule has 2 aromatic heterocycles. The highest BCUT2D eigenvalue weighted by molar-refractivity contribution is 9.10. The standard InChI is InChI=1S/C13H16BrN3O2S/c1-19-7-6-17-13(18)12(14)11(9-16-17)15-5-4-10-3-2-8-20-10/h2-3,8-9,15H,4-7H2,1H3. The quantitative estimate of drug-likeness (QED) is 0.826. The number of hydrogen-bond donors (Lipinski definition) is 1. The van der Waals surface area contributed by atoms with E-state index in [9.17, 15) is 4.79 Å². The van der Waals surface area contributed by atoms with E-state index >= 15 is 0 Å². The van der Waals surface area contributed by atoms with Gasteiger partial charge in [0.25, 0.3) is 5.56 Å². The zero-order valence-electron chi connectivity index (χ0n) is 11.1. The van der Waals surface area contributed by atoms with Crippen LogP contribution in [-0.4, -0.2) is 30.0 Å². The fourth-order valence-electron chi connectivity index (χ4n) is 1.70. The van der Waals surface area contributed by atoms with Crippen LogP contribution in [0, 0.1) is 0 Å². The summed E-state index contributed by atoms with van der Waals surface area (Å²) >= 11 is 5.06. The van der Waals surface area contributed by atoms with Crippen LogP contribution in [0.15, 0.2) is 33.0 Å². The van der Waals surface area contributed by atoms with Crippen molar-refractivity contribution in [2.45, 2.75) is 13.0 Å². The van der Waals surface area contributed by atoms with Gasteiger partial charge in [-0.25, -0.2) is 4.68 Å². The monoisotopic (exact) mass is 357 g/mol. The lowest BCUT2D eigenvalue weighted by Crippen LogP contribution is -2.26. The Morgan fingerprint density at radius 3 is 3.10 bits per heavy atom. The Labute approximate surface area is 129 Å². The summed E-state index contributed by atoms with van der Waals surface area (Å²) in [6, 6.07) is 4.14. The Hall–Kier alpha value is -1.18. The van der Waals surface area contributed by atoms with Gasteiger partial charge in [-0.1, -0.05) is 6.07 Å². The minimum Gasteiger partial charge on any atom is -0.383 e. The summed E-state index contributed by atoms with van der Waals surface area (Å²) in [5.74, 6) is 0. The Morgan fingerprint density at radius 1 is 1.55 bits per heavy atom. The summed E-state index contributed by atoms with van der Waals surface area (Å²) in [5, 5.41) is 9.41. The number of nitrogens with zero attached hydrogens (tertiary/aromatic N) is 2. The van der Waals surface area contributed by atoms with Crippen molar-refractivity contribution in [1.82, 2.24) is 9.78 Å². The summed E-state index contributed by atoms with van der Waals surface area (Å²) in [6.45, 7) is 1.68. The number of nitrogens with one attached hydrogen (secondary N) is 1. The fourth-order valence-corrected chi connectivity index (χ4v) is 2.86. The van der Waals surface area contributed by atoms with E-state index in [1.54, 1.807) is 24.6 Å². The molecule has 7 heteroatoms. The topological polar surface area (TPSA) is 56.1 Å². The van der Waals surface area contributed by atoms with Gasteiger partial charge in [-0.3, -0.25) is 4.79 Å². The summed E-state index contributed by atoms with van der Waals surface area (Å²) in [6.07, 6.45) is 2.59. The molecule has 0 saturated heterocycles. The smallest absolute Gasteiger partial charge is 0.283 e. The number of halogens is 1. The van der Waals surface area contributed by atoms with Gasteiger partial charge in [0, 0.05) is 18.5 Å². The molecule has 1 N–H and O–H groups in total. The first-order chi connectivity index (χ1) is 9.72. The van der Waals surface area contributed by atoms with Gasteiger partial charge in [-0.2, -0.15) is 5.10 Å². The van der Waals surface area contributed by atoms with Crippen LogP contribution >= 0.6 is 27.3 Å². The van der Waals surface area contributed by atoms with Crippen LogP contribution in [0.4, 0.5) is 5.69 Å². The molecule has 0 amide bonds. The molecule has 0 aliphatic carbocycles. The average molecular weight is 358 g/mol. The van der Waals surface area contributed by atoms with E-state index in [1.807, 2.05) is 6.07 Å². The molecule has 2 aromatic rings. The maximum atomic E-state index is 12.0. The van der Waals surface area contributed by atoms with E-state index in [-0.39, 0.29) is 5.56 Å². The molecule has 0 saturated carbocycles. The van der Waals surface area contributed by atoms with Crippen molar-refractivity contribution in [2.75, 3.05) is 25.6 Å². The molecular formula is C13H16BrN3O2S. The number of methoxy groups -OCH3 is 1. The van der Waals surface area contributed by atoms with Crippen LogP contribution in [0.25, 0.3) is 0 Å². The van der Waals surface area contributed by atoms with Crippen LogP contribution in [0.1, 0.15) is 4.88 Å². The number of aromatic nitrogens is 2. The maximum Gasteiger partial charge on any atom is 0.283 e. The van der Waals surface area contributed by atoms with Gasteiger partial charge in [-0.05, 0) is 33.8 Å². The van der Waals surface area contributed by atoms with Crippen molar-refractivity contribution in [3.05, 3.63) is 43.4 Å². The van der Waals surface area contributed by atoms with E-state index in [2.05, 4.69) is 37.8 Å². The SMILES string of the molecule is COCCn1ncc(NCCc2cccs2)c(Br)c1=O. The Morgan fingerprint density at radius 2 is 2.40 bits per heavy atom. The van der Waals surface area contributed by atoms with Crippen LogP contribution in [-0.2, 0) is 17.7 Å². The first kappa shape index (κ1) is 15.2. The lowest BCUT2D eigenvalue weighted by Gasteiger charge is -2.09. The molecule has 0 bridgehead atoms. The normalized spacial score (nSPS) is 10.7. The molecule has 0 aromatic carbocycles. The van der Waals surface area contributed by atoms with Gasteiger partial charge < -0.3 is 10.1 Å². The average Bonchev–Trinajstić information content (AvgIpc) is 2.96. The van der Waals surface area contributed by atoms with E-state index in [1.165, 1.54) is 9.56 Å². The molecule has 0 radical (unpaired) electrons. The first-order valence-corrected chi connectivity index (χ1v) is 7.90. The number of rotatable bonds is 7. The maximum absolute atomic E-state index is 12.0. The van der Waals surface area contributed by atoms with E-state index in [4.69, 9.17) is 4.74 Å². The highest BCUT2D eigenvalue weighted by Crippen LogP contribution is 2.16. The van der Waals surface area contributed by atoms with E-state index in [0.717, 1.165) is 18.7 Å². The highest BCUT2D eigenvalue weighted by atomic mass is 79.9. The third-order valence-electron chi connectivity index (χ3n) is 2.76. The van der Waals surface area contributed by atoms with Crippen molar-refractivity contribution in [3.8, 4) is 0 Å². The second-order valence-corrected chi connectivity index (χ2v) is 5.97. The molecule has 0 unspecified atom stereocenters. The molecule has 2 rings (SSSR count). The molecule has 0 aliphatic heterocycles. The fraction of sp³-hybridized carbons (Fsp3) is 0.385.